The first-order chi connectivity index (χ1) is 12.9. The van der Waals surface area contributed by atoms with Gasteiger partial charge in [0.15, 0.2) is 11.5 Å². The van der Waals surface area contributed by atoms with Gasteiger partial charge in [0.25, 0.3) is 0 Å². The molecule has 3 aromatic rings. The number of aromatic nitrogens is 5. The van der Waals surface area contributed by atoms with Crippen LogP contribution in [-0.4, -0.2) is 44.3 Å². The quantitative estimate of drug-likeness (QED) is 0.703. The molecule has 142 valence electrons. The molecule has 8 heteroatoms. The van der Waals surface area contributed by atoms with Crippen molar-refractivity contribution in [1.82, 2.24) is 24.6 Å². The normalized spacial score (nSPS) is 17.6. The monoisotopic (exact) mass is 370 g/mol. The van der Waals surface area contributed by atoms with Crippen LogP contribution in [0.2, 0.25) is 0 Å². The summed E-state index contributed by atoms with van der Waals surface area (Å²) in [6, 6.07) is 3.77. The van der Waals surface area contributed by atoms with Crippen molar-refractivity contribution in [1.29, 1.82) is 0 Å². The van der Waals surface area contributed by atoms with Gasteiger partial charge in [0.2, 0.25) is 11.8 Å². The van der Waals surface area contributed by atoms with E-state index in [1.165, 1.54) is 12.4 Å². The Balaban J connectivity index is 1.38. The van der Waals surface area contributed by atoms with Crippen LogP contribution in [0.25, 0.3) is 5.65 Å². The lowest BCUT2D eigenvalue weighted by molar-refractivity contribution is 0.248. The number of anilines is 1. The van der Waals surface area contributed by atoms with E-state index in [2.05, 4.69) is 45.7 Å². The summed E-state index contributed by atoms with van der Waals surface area (Å²) < 4.78 is 20.6. The molecule has 0 bridgehead atoms. The van der Waals surface area contributed by atoms with E-state index in [-0.39, 0.29) is 5.41 Å². The molecule has 0 saturated carbocycles. The molecule has 0 aromatic carbocycles. The number of halogens is 1. The smallest absolute Gasteiger partial charge is 0.231 e. The summed E-state index contributed by atoms with van der Waals surface area (Å²) in [5.74, 6) is 1.07. The zero-order valence-corrected chi connectivity index (χ0v) is 15.8. The number of fused-ring (bicyclic) bond motifs is 1. The Morgan fingerprint density at radius 1 is 1.22 bits per heavy atom. The first-order valence-electron chi connectivity index (χ1n) is 9.11. The molecule has 0 N–H and O–H groups in total. The highest BCUT2D eigenvalue weighted by molar-refractivity contribution is 5.41. The maximum absolute atomic E-state index is 13.0. The van der Waals surface area contributed by atoms with Crippen molar-refractivity contribution in [2.75, 3.05) is 24.6 Å². The van der Waals surface area contributed by atoms with Crippen molar-refractivity contribution < 1.29 is 9.13 Å². The zero-order valence-electron chi connectivity index (χ0n) is 15.8. The van der Waals surface area contributed by atoms with Gasteiger partial charge in [-0.1, -0.05) is 20.8 Å². The summed E-state index contributed by atoms with van der Waals surface area (Å²) in [5, 5.41) is 4.51. The molecule has 1 aliphatic heterocycles. The van der Waals surface area contributed by atoms with E-state index in [9.17, 15) is 4.39 Å². The second-order valence-corrected chi connectivity index (χ2v) is 7.96. The minimum atomic E-state index is -0.423. The van der Waals surface area contributed by atoms with Crippen LogP contribution in [0.15, 0.2) is 30.7 Å². The molecule has 7 nitrogen and oxygen atoms in total. The highest BCUT2D eigenvalue weighted by Crippen LogP contribution is 2.23. The standard InChI is InChI=1S/C19H23FN6O/c1-19(2,3)15-11-26-16(23-15)4-5-17(24-26)27-12-13-6-7-25(10-13)18-21-8-14(20)9-22-18/h4-5,8-9,11,13H,6-7,10,12H2,1-3H3. The van der Waals surface area contributed by atoms with E-state index in [0.29, 0.717) is 24.4 Å². The number of ether oxygens (including phenoxy) is 1. The van der Waals surface area contributed by atoms with Crippen LogP contribution in [-0.2, 0) is 5.41 Å². The molecular formula is C19H23FN6O. The number of nitrogens with zero attached hydrogens (tertiary/aromatic N) is 6. The van der Waals surface area contributed by atoms with Crippen LogP contribution in [0.3, 0.4) is 0 Å². The van der Waals surface area contributed by atoms with Gasteiger partial charge in [-0.05, 0) is 12.5 Å². The first kappa shape index (κ1) is 17.6. The van der Waals surface area contributed by atoms with Gasteiger partial charge >= 0.3 is 0 Å². The number of rotatable bonds is 4. The van der Waals surface area contributed by atoms with E-state index in [1.54, 1.807) is 4.52 Å². The molecule has 4 heterocycles. The fraction of sp³-hybridized carbons (Fsp3) is 0.474. The van der Waals surface area contributed by atoms with Crippen LogP contribution >= 0.6 is 0 Å². The Morgan fingerprint density at radius 3 is 2.74 bits per heavy atom. The summed E-state index contributed by atoms with van der Waals surface area (Å²) in [6.07, 6.45) is 5.32. The van der Waals surface area contributed by atoms with Crippen molar-refractivity contribution in [2.24, 2.45) is 5.92 Å². The Labute approximate surface area is 157 Å². The second kappa shape index (κ2) is 6.75. The average Bonchev–Trinajstić information content (AvgIpc) is 3.27. The van der Waals surface area contributed by atoms with Crippen LogP contribution in [0.1, 0.15) is 32.9 Å². The van der Waals surface area contributed by atoms with Crippen molar-refractivity contribution in [2.45, 2.75) is 32.6 Å². The summed E-state index contributed by atoms with van der Waals surface area (Å²) >= 11 is 0. The minimum absolute atomic E-state index is 0.0234. The van der Waals surface area contributed by atoms with Gasteiger partial charge in [-0.2, -0.15) is 0 Å². The lowest BCUT2D eigenvalue weighted by Gasteiger charge is -2.16. The van der Waals surface area contributed by atoms with Crippen molar-refractivity contribution in [3.8, 4) is 5.88 Å². The molecule has 0 radical (unpaired) electrons. The molecular weight excluding hydrogens is 347 g/mol. The van der Waals surface area contributed by atoms with Gasteiger partial charge in [-0.3, -0.25) is 0 Å². The number of hydrogen-bond acceptors (Lipinski definition) is 6. The minimum Gasteiger partial charge on any atom is -0.476 e. The van der Waals surface area contributed by atoms with Crippen molar-refractivity contribution in [3.63, 3.8) is 0 Å². The maximum atomic E-state index is 13.0. The topological polar surface area (TPSA) is 68.4 Å². The first-order valence-corrected chi connectivity index (χ1v) is 9.11. The Bertz CT molecular complexity index is 934. The third-order valence-electron chi connectivity index (χ3n) is 4.71. The number of imidazole rings is 1. The summed E-state index contributed by atoms with van der Waals surface area (Å²) in [6.45, 7) is 8.57. The van der Waals surface area contributed by atoms with Gasteiger partial charge < -0.3 is 9.64 Å². The van der Waals surface area contributed by atoms with Gasteiger partial charge in [0.1, 0.15) is 0 Å². The van der Waals surface area contributed by atoms with Gasteiger partial charge in [-0.15, -0.1) is 5.10 Å². The molecule has 0 amide bonds. The molecule has 4 rings (SSSR count). The van der Waals surface area contributed by atoms with E-state index in [0.717, 1.165) is 30.9 Å². The van der Waals surface area contributed by atoms with Crippen molar-refractivity contribution >= 4 is 11.6 Å². The number of hydrogen-bond donors (Lipinski definition) is 0. The average molecular weight is 370 g/mol. The summed E-state index contributed by atoms with van der Waals surface area (Å²) in [7, 11) is 0. The zero-order chi connectivity index (χ0) is 19.0. The third kappa shape index (κ3) is 3.84. The van der Waals surface area contributed by atoms with E-state index < -0.39 is 5.82 Å². The van der Waals surface area contributed by atoms with E-state index >= 15 is 0 Å². The third-order valence-corrected chi connectivity index (χ3v) is 4.71. The Hall–Kier alpha value is -2.77. The predicted octanol–water partition coefficient (Wildman–Crippen LogP) is 2.86. The highest BCUT2D eigenvalue weighted by atomic mass is 19.1. The highest BCUT2D eigenvalue weighted by Gasteiger charge is 2.25. The van der Waals surface area contributed by atoms with Crippen LogP contribution in [0, 0.1) is 11.7 Å². The summed E-state index contributed by atoms with van der Waals surface area (Å²) in [5.41, 5.74) is 1.79. The molecule has 1 aliphatic rings. The maximum Gasteiger partial charge on any atom is 0.231 e. The molecule has 1 atom stereocenters. The molecule has 3 aromatic heterocycles. The van der Waals surface area contributed by atoms with Crippen LogP contribution in [0.4, 0.5) is 10.3 Å². The fourth-order valence-corrected chi connectivity index (χ4v) is 3.13. The SMILES string of the molecule is CC(C)(C)c1cn2nc(OCC3CCN(c4ncc(F)cn4)C3)ccc2n1. The predicted molar refractivity (Wildman–Crippen MR) is 99.5 cm³/mol. The lowest BCUT2D eigenvalue weighted by Crippen LogP contribution is -2.23. The largest absolute Gasteiger partial charge is 0.476 e. The molecule has 1 fully saturated rings. The summed E-state index contributed by atoms with van der Waals surface area (Å²) in [4.78, 5) is 14.8. The van der Waals surface area contributed by atoms with Crippen molar-refractivity contribution in [3.05, 3.63) is 42.2 Å². The van der Waals surface area contributed by atoms with E-state index in [4.69, 9.17) is 4.74 Å². The fourth-order valence-electron chi connectivity index (χ4n) is 3.13. The molecule has 0 aliphatic carbocycles. The van der Waals surface area contributed by atoms with Crippen LogP contribution in [0.5, 0.6) is 5.88 Å². The Morgan fingerprint density at radius 2 is 2.00 bits per heavy atom. The lowest BCUT2D eigenvalue weighted by atomic mass is 9.93. The van der Waals surface area contributed by atoms with Gasteiger partial charge in [-0.25, -0.2) is 23.9 Å². The van der Waals surface area contributed by atoms with Gasteiger partial charge in [0, 0.05) is 30.5 Å². The molecule has 1 unspecified atom stereocenters. The molecule has 0 spiro atoms. The molecule has 1 saturated heterocycles. The van der Waals surface area contributed by atoms with Gasteiger partial charge in [0.05, 0.1) is 30.9 Å². The van der Waals surface area contributed by atoms with E-state index in [1.807, 2.05) is 18.3 Å². The Kier molecular flexibility index (Phi) is 4.41. The second-order valence-electron chi connectivity index (χ2n) is 7.96. The van der Waals surface area contributed by atoms with Crippen LogP contribution < -0.4 is 9.64 Å². The molecule has 27 heavy (non-hydrogen) atoms.